The molecule has 2 heterocycles. The van der Waals surface area contributed by atoms with Crippen LogP contribution in [0.5, 0.6) is 5.75 Å². The van der Waals surface area contributed by atoms with E-state index in [0.717, 1.165) is 16.5 Å². The maximum absolute atomic E-state index is 12.5. The van der Waals surface area contributed by atoms with Gasteiger partial charge >= 0.3 is 5.97 Å². The lowest BCUT2D eigenvalue weighted by molar-refractivity contribution is -0.121. The number of thiocarbonyl (C=S) groups is 1. The zero-order chi connectivity index (χ0) is 21.3. The number of carbonyl (C=O) groups excluding carboxylic acids is 2. The predicted molar refractivity (Wildman–Crippen MR) is 122 cm³/mol. The number of rotatable bonds is 5. The summed E-state index contributed by atoms with van der Waals surface area (Å²) in [6, 6.07) is 14.3. The van der Waals surface area contributed by atoms with Crippen LogP contribution in [0.15, 0.2) is 70.5 Å². The first kappa shape index (κ1) is 20.1. The van der Waals surface area contributed by atoms with Crippen LogP contribution in [0.4, 0.5) is 0 Å². The fourth-order valence-electron chi connectivity index (χ4n) is 3.09. The maximum atomic E-state index is 12.5. The quantitative estimate of drug-likeness (QED) is 0.177. The van der Waals surface area contributed by atoms with E-state index in [4.69, 9.17) is 21.4 Å². The van der Waals surface area contributed by atoms with Gasteiger partial charge in [0, 0.05) is 17.5 Å². The number of furan rings is 1. The molecule has 30 heavy (non-hydrogen) atoms. The van der Waals surface area contributed by atoms with E-state index in [1.807, 2.05) is 31.2 Å². The summed E-state index contributed by atoms with van der Waals surface area (Å²) in [5.74, 6) is -0.120. The van der Waals surface area contributed by atoms with E-state index < -0.39 is 5.97 Å². The number of aryl methyl sites for hydroxylation is 1. The molecule has 2 aromatic carbocycles. The third-order valence-corrected chi connectivity index (χ3v) is 5.98. The van der Waals surface area contributed by atoms with Gasteiger partial charge in [-0.1, -0.05) is 60.4 Å². The number of nitrogens with zero attached hydrogens (tertiary/aromatic N) is 1. The molecule has 1 aliphatic rings. The Balaban J connectivity index is 1.49. The molecular weight excluding hydrogens is 418 g/mol. The van der Waals surface area contributed by atoms with Crippen LogP contribution in [0.2, 0.25) is 0 Å². The highest BCUT2D eigenvalue weighted by atomic mass is 32.2. The summed E-state index contributed by atoms with van der Waals surface area (Å²) in [6.07, 6.45) is 3.40. The van der Waals surface area contributed by atoms with Crippen molar-refractivity contribution >= 4 is 57.2 Å². The van der Waals surface area contributed by atoms with Gasteiger partial charge in [-0.05, 0) is 36.8 Å². The molecular formula is C23H17NO4S2. The largest absolute Gasteiger partial charge is 0.449 e. The van der Waals surface area contributed by atoms with Crippen molar-refractivity contribution in [2.45, 2.75) is 6.92 Å². The molecule has 0 bridgehead atoms. The van der Waals surface area contributed by atoms with E-state index in [9.17, 15) is 9.59 Å². The Bertz CT molecular complexity index is 1210. The normalized spacial score (nSPS) is 15.2. The zero-order valence-corrected chi connectivity index (χ0v) is 17.7. The Hall–Kier alpha value is -3.16. The summed E-state index contributed by atoms with van der Waals surface area (Å²) >= 11 is 6.49. The number of hydrogen-bond donors (Lipinski definition) is 0. The summed E-state index contributed by atoms with van der Waals surface area (Å²) in [6.45, 7) is 5.86. The van der Waals surface area contributed by atoms with Crippen molar-refractivity contribution < 1.29 is 18.7 Å². The summed E-state index contributed by atoms with van der Waals surface area (Å²) in [5, 5.41) is 0.883. The van der Waals surface area contributed by atoms with Crippen LogP contribution >= 0.6 is 24.0 Å². The SMILES string of the molecule is C=CCN1C(=O)/C(=C/c2ccc(OC(=O)c3oc4ccccc4c3C)cc2)SC1=S. The van der Waals surface area contributed by atoms with Crippen LogP contribution in [-0.4, -0.2) is 27.6 Å². The van der Waals surface area contributed by atoms with Gasteiger partial charge in [-0.15, -0.1) is 6.58 Å². The molecule has 0 spiro atoms. The second-order valence-corrected chi connectivity index (χ2v) is 8.27. The van der Waals surface area contributed by atoms with Gasteiger partial charge in [-0.3, -0.25) is 9.69 Å². The monoisotopic (exact) mass is 435 g/mol. The van der Waals surface area contributed by atoms with Crippen LogP contribution < -0.4 is 4.74 Å². The fraction of sp³-hybridized carbons (Fsp3) is 0.0870. The van der Waals surface area contributed by atoms with E-state index in [0.29, 0.717) is 27.1 Å². The first-order valence-electron chi connectivity index (χ1n) is 9.14. The van der Waals surface area contributed by atoms with Crippen LogP contribution in [0.25, 0.3) is 17.0 Å². The number of fused-ring (bicyclic) bond motifs is 1. The molecule has 0 N–H and O–H groups in total. The standard InChI is InChI=1S/C23H17NO4S2/c1-3-12-24-21(25)19(30-23(24)29)13-15-8-10-16(11-9-15)27-22(26)20-14(2)17-6-4-5-7-18(17)28-20/h3-11,13H,1,12H2,2H3/b19-13-. The Morgan fingerprint density at radius 3 is 2.67 bits per heavy atom. The Labute approximate surface area is 183 Å². The maximum Gasteiger partial charge on any atom is 0.379 e. The minimum absolute atomic E-state index is 0.138. The molecule has 150 valence electrons. The Morgan fingerprint density at radius 1 is 1.23 bits per heavy atom. The minimum atomic E-state index is -0.554. The van der Waals surface area contributed by atoms with Crippen LogP contribution in [0.1, 0.15) is 21.7 Å². The van der Waals surface area contributed by atoms with E-state index in [1.165, 1.54) is 16.7 Å². The van der Waals surface area contributed by atoms with E-state index in [1.54, 1.807) is 36.4 Å². The van der Waals surface area contributed by atoms with Gasteiger partial charge in [0.15, 0.2) is 0 Å². The molecule has 0 unspecified atom stereocenters. The molecule has 1 aliphatic heterocycles. The van der Waals surface area contributed by atoms with Gasteiger partial charge < -0.3 is 9.15 Å². The first-order valence-corrected chi connectivity index (χ1v) is 10.4. The van der Waals surface area contributed by atoms with Gasteiger partial charge in [0.25, 0.3) is 5.91 Å². The van der Waals surface area contributed by atoms with Crippen molar-refractivity contribution in [1.29, 1.82) is 0 Å². The van der Waals surface area contributed by atoms with Crippen molar-refractivity contribution in [3.8, 4) is 5.75 Å². The van der Waals surface area contributed by atoms with Crippen molar-refractivity contribution in [3.05, 3.63) is 83.0 Å². The van der Waals surface area contributed by atoms with Crippen LogP contribution in [-0.2, 0) is 4.79 Å². The number of hydrogen-bond acceptors (Lipinski definition) is 6. The number of esters is 1. The number of para-hydroxylation sites is 1. The van der Waals surface area contributed by atoms with Gasteiger partial charge in [-0.2, -0.15) is 0 Å². The van der Waals surface area contributed by atoms with Gasteiger partial charge in [0.05, 0.1) is 4.91 Å². The van der Waals surface area contributed by atoms with Crippen molar-refractivity contribution in [3.63, 3.8) is 0 Å². The number of amides is 1. The Kier molecular flexibility index (Phi) is 5.57. The number of benzene rings is 2. The number of thioether (sulfide) groups is 1. The highest BCUT2D eigenvalue weighted by molar-refractivity contribution is 8.26. The summed E-state index contributed by atoms with van der Waals surface area (Å²) in [5.41, 5.74) is 2.19. The van der Waals surface area contributed by atoms with E-state index >= 15 is 0 Å². The predicted octanol–water partition coefficient (Wildman–Crippen LogP) is 5.35. The lowest BCUT2D eigenvalue weighted by atomic mass is 10.1. The second kappa shape index (κ2) is 8.30. The molecule has 0 saturated carbocycles. The smallest absolute Gasteiger partial charge is 0.379 e. The summed E-state index contributed by atoms with van der Waals surface area (Å²) in [4.78, 5) is 27.0. The molecule has 4 rings (SSSR count). The first-order chi connectivity index (χ1) is 14.5. The zero-order valence-electron chi connectivity index (χ0n) is 16.1. The number of carbonyl (C=O) groups is 2. The third kappa shape index (κ3) is 3.81. The average molecular weight is 436 g/mol. The van der Waals surface area contributed by atoms with Gasteiger partial charge in [-0.25, -0.2) is 4.79 Å². The van der Waals surface area contributed by atoms with Crippen molar-refractivity contribution in [2.24, 2.45) is 0 Å². The molecule has 7 heteroatoms. The van der Waals surface area contributed by atoms with Crippen LogP contribution in [0, 0.1) is 6.92 Å². The molecule has 3 aromatic rings. The topological polar surface area (TPSA) is 59.8 Å². The molecule has 0 radical (unpaired) electrons. The highest BCUT2D eigenvalue weighted by Gasteiger charge is 2.30. The molecule has 1 amide bonds. The average Bonchev–Trinajstić information content (AvgIpc) is 3.21. The molecule has 0 atom stereocenters. The number of ether oxygens (including phenoxy) is 1. The Morgan fingerprint density at radius 2 is 1.97 bits per heavy atom. The van der Waals surface area contributed by atoms with Crippen molar-refractivity contribution in [1.82, 2.24) is 4.90 Å². The van der Waals surface area contributed by atoms with Gasteiger partial charge in [0.2, 0.25) is 5.76 Å². The van der Waals surface area contributed by atoms with E-state index in [2.05, 4.69) is 6.58 Å². The molecule has 1 aromatic heterocycles. The molecule has 5 nitrogen and oxygen atoms in total. The lowest BCUT2D eigenvalue weighted by Crippen LogP contribution is -2.27. The second-order valence-electron chi connectivity index (χ2n) is 6.59. The van der Waals surface area contributed by atoms with Crippen molar-refractivity contribution in [2.75, 3.05) is 6.54 Å². The third-order valence-electron chi connectivity index (χ3n) is 4.60. The van der Waals surface area contributed by atoms with E-state index in [-0.39, 0.29) is 11.7 Å². The minimum Gasteiger partial charge on any atom is -0.449 e. The molecule has 1 fully saturated rings. The lowest BCUT2D eigenvalue weighted by Gasteiger charge is -2.10. The fourth-order valence-corrected chi connectivity index (χ4v) is 4.37. The summed E-state index contributed by atoms with van der Waals surface area (Å²) in [7, 11) is 0. The van der Waals surface area contributed by atoms with Crippen LogP contribution in [0.3, 0.4) is 0 Å². The molecule has 1 saturated heterocycles. The van der Waals surface area contributed by atoms with Gasteiger partial charge in [0.1, 0.15) is 15.7 Å². The highest BCUT2D eigenvalue weighted by Crippen LogP contribution is 2.32. The summed E-state index contributed by atoms with van der Waals surface area (Å²) < 4.78 is 11.6. The molecule has 0 aliphatic carbocycles.